The van der Waals surface area contributed by atoms with E-state index in [0.29, 0.717) is 25.6 Å². The number of ether oxygens (including phenoxy) is 2. The number of piperazine rings is 1. The highest BCUT2D eigenvalue weighted by molar-refractivity contribution is 14.0. The van der Waals surface area contributed by atoms with Crippen LogP contribution in [0.1, 0.15) is 12.8 Å². The molecule has 2 N–H and O–H groups in total. The van der Waals surface area contributed by atoms with Crippen molar-refractivity contribution in [3.8, 4) is 0 Å². The summed E-state index contributed by atoms with van der Waals surface area (Å²) in [7, 11) is 5.25. The van der Waals surface area contributed by atoms with Gasteiger partial charge in [-0.3, -0.25) is 14.7 Å². The molecule has 0 aromatic heterocycles. The monoisotopic (exact) mass is 540 g/mol. The Kier molecular flexibility index (Phi) is 14.6. The maximum absolute atomic E-state index is 11.9. The zero-order chi connectivity index (χ0) is 20.9. The fraction of sp³-hybridized carbons (Fsp3) is 0.900. The van der Waals surface area contributed by atoms with E-state index < -0.39 is 0 Å². The molecule has 0 aromatic carbocycles. The highest BCUT2D eigenvalue weighted by Gasteiger charge is 2.23. The summed E-state index contributed by atoms with van der Waals surface area (Å²) in [6, 6.07) is 0. The number of nitrogens with one attached hydrogen (secondary N) is 2. The van der Waals surface area contributed by atoms with Gasteiger partial charge in [-0.1, -0.05) is 0 Å². The lowest BCUT2D eigenvalue weighted by molar-refractivity contribution is -0.122. The predicted octanol–water partition coefficient (Wildman–Crippen LogP) is -0.0816. The van der Waals surface area contributed by atoms with Crippen LogP contribution in [0, 0.1) is 5.92 Å². The maximum Gasteiger partial charge on any atom is 0.234 e. The molecule has 9 nitrogen and oxygen atoms in total. The first kappa shape index (κ1) is 27.3. The average molecular weight is 540 g/mol. The third-order valence-electron chi connectivity index (χ3n) is 5.75. The molecule has 0 bridgehead atoms. The molecule has 2 saturated heterocycles. The van der Waals surface area contributed by atoms with Crippen molar-refractivity contribution in [2.24, 2.45) is 10.9 Å². The number of amides is 1. The summed E-state index contributed by atoms with van der Waals surface area (Å²) in [5, 5.41) is 6.46. The number of likely N-dealkylation sites (tertiary alicyclic amines) is 1. The second-order valence-electron chi connectivity index (χ2n) is 7.81. The van der Waals surface area contributed by atoms with Gasteiger partial charge in [0.2, 0.25) is 5.91 Å². The number of piperidine rings is 1. The minimum absolute atomic E-state index is 0. The van der Waals surface area contributed by atoms with E-state index in [-0.39, 0.29) is 29.9 Å². The molecule has 1 amide bonds. The van der Waals surface area contributed by atoms with E-state index in [2.05, 4.69) is 30.3 Å². The quantitative estimate of drug-likeness (QED) is 0.174. The van der Waals surface area contributed by atoms with Crippen LogP contribution in [-0.2, 0) is 14.3 Å². The number of carbonyl (C=O) groups is 1. The first-order valence-electron chi connectivity index (χ1n) is 10.8. The second kappa shape index (κ2) is 16.0. The third-order valence-corrected chi connectivity index (χ3v) is 5.75. The van der Waals surface area contributed by atoms with Gasteiger partial charge in [-0.05, 0) is 31.8 Å². The summed E-state index contributed by atoms with van der Waals surface area (Å²) in [4.78, 5) is 23.4. The van der Waals surface area contributed by atoms with Crippen LogP contribution in [-0.4, -0.2) is 126 Å². The van der Waals surface area contributed by atoms with Gasteiger partial charge in [0.1, 0.15) is 0 Å². The molecule has 30 heavy (non-hydrogen) atoms. The molecule has 2 fully saturated rings. The summed E-state index contributed by atoms with van der Waals surface area (Å²) >= 11 is 0. The number of guanidine groups is 1. The Hall–Kier alpha value is -0.690. The Balaban J connectivity index is 0.00000450. The standard InChI is InChI=1S/C20H40N6O3.HI/c1-21-20(23-16-18-4-7-24(8-5-18)13-15-29-3)26-11-9-25(10-12-26)17-19(27)22-6-14-28-2;/h18H,4-17H2,1-3H3,(H,21,23)(H,22,27);1H. The number of aliphatic imine (C=N–C) groups is 1. The van der Waals surface area contributed by atoms with Gasteiger partial charge in [0, 0.05) is 67.1 Å². The molecule has 2 aliphatic heterocycles. The molecule has 2 rings (SSSR count). The Morgan fingerprint density at radius 3 is 2.23 bits per heavy atom. The minimum atomic E-state index is 0. The number of hydrogen-bond donors (Lipinski definition) is 2. The minimum Gasteiger partial charge on any atom is -0.383 e. The maximum atomic E-state index is 11.9. The molecule has 10 heteroatoms. The van der Waals surface area contributed by atoms with E-state index in [0.717, 1.165) is 64.9 Å². The van der Waals surface area contributed by atoms with Crippen LogP contribution >= 0.6 is 24.0 Å². The van der Waals surface area contributed by atoms with Crippen LogP contribution in [0.15, 0.2) is 4.99 Å². The highest BCUT2D eigenvalue weighted by atomic mass is 127. The van der Waals surface area contributed by atoms with Gasteiger partial charge in [0.05, 0.1) is 19.8 Å². The van der Waals surface area contributed by atoms with Gasteiger partial charge in [-0.15, -0.1) is 24.0 Å². The van der Waals surface area contributed by atoms with Crippen molar-refractivity contribution >= 4 is 35.8 Å². The SMILES string of the molecule is CN=C(NCC1CCN(CCOC)CC1)N1CCN(CC(=O)NCCOC)CC1.I. The molecule has 0 aliphatic carbocycles. The molecule has 0 unspecified atom stereocenters. The lowest BCUT2D eigenvalue weighted by Gasteiger charge is -2.37. The largest absolute Gasteiger partial charge is 0.383 e. The molecular weight excluding hydrogens is 499 g/mol. The molecule has 0 radical (unpaired) electrons. The van der Waals surface area contributed by atoms with E-state index >= 15 is 0 Å². The smallest absolute Gasteiger partial charge is 0.234 e. The van der Waals surface area contributed by atoms with Crippen molar-refractivity contribution in [2.45, 2.75) is 12.8 Å². The van der Waals surface area contributed by atoms with Gasteiger partial charge in [0.25, 0.3) is 0 Å². The average Bonchev–Trinajstić information content (AvgIpc) is 2.75. The van der Waals surface area contributed by atoms with Crippen molar-refractivity contribution in [1.82, 2.24) is 25.3 Å². The van der Waals surface area contributed by atoms with Crippen LogP contribution in [0.4, 0.5) is 0 Å². The van der Waals surface area contributed by atoms with E-state index in [4.69, 9.17) is 9.47 Å². The summed E-state index contributed by atoms with van der Waals surface area (Å²) < 4.78 is 10.1. The van der Waals surface area contributed by atoms with E-state index in [1.165, 1.54) is 12.8 Å². The van der Waals surface area contributed by atoms with Gasteiger partial charge >= 0.3 is 0 Å². The van der Waals surface area contributed by atoms with Gasteiger partial charge in [0.15, 0.2) is 5.96 Å². The Labute approximate surface area is 198 Å². The number of carbonyl (C=O) groups excluding carboxylic acids is 1. The van der Waals surface area contributed by atoms with Crippen LogP contribution in [0.25, 0.3) is 0 Å². The lowest BCUT2D eigenvalue weighted by Crippen LogP contribution is -2.54. The lowest BCUT2D eigenvalue weighted by atomic mass is 9.97. The normalized spacial score (nSPS) is 19.4. The topological polar surface area (TPSA) is 81.7 Å². The number of hydrogen-bond acceptors (Lipinski definition) is 6. The molecule has 0 aromatic rings. The second-order valence-corrected chi connectivity index (χ2v) is 7.81. The summed E-state index contributed by atoms with van der Waals surface area (Å²) in [5.41, 5.74) is 0. The predicted molar refractivity (Wildman–Crippen MR) is 131 cm³/mol. The Morgan fingerprint density at radius 1 is 0.967 bits per heavy atom. The Bertz CT molecular complexity index is 495. The van der Waals surface area contributed by atoms with E-state index in [1.807, 2.05) is 7.05 Å². The Morgan fingerprint density at radius 2 is 1.63 bits per heavy atom. The highest BCUT2D eigenvalue weighted by Crippen LogP contribution is 2.16. The van der Waals surface area contributed by atoms with Crippen molar-refractivity contribution in [2.75, 3.05) is 99.9 Å². The molecule has 0 spiro atoms. The third kappa shape index (κ3) is 10.1. The summed E-state index contributed by atoms with van der Waals surface area (Å²) in [5.74, 6) is 1.74. The van der Waals surface area contributed by atoms with Gasteiger partial charge in [-0.2, -0.15) is 0 Å². The van der Waals surface area contributed by atoms with Crippen molar-refractivity contribution in [3.63, 3.8) is 0 Å². The van der Waals surface area contributed by atoms with Crippen molar-refractivity contribution in [1.29, 1.82) is 0 Å². The molecule has 0 saturated carbocycles. The summed E-state index contributed by atoms with van der Waals surface area (Å²) in [6.45, 7) is 10.2. The molecule has 2 heterocycles. The van der Waals surface area contributed by atoms with E-state index in [1.54, 1.807) is 14.2 Å². The number of methoxy groups -OCH3 is 2. The first-order chi connectivity index (χ1) is 14.2. The van der Waals surface area contributed by atoms with Gasteiger partial charge < -0.3 is 29.9 Å². The zero-order valence-electron chi connectivity index (χ0n) is 18.9. The first-order valence-corrected chi connectivity index (χ1v) is 10.8. The molecule has 2 aliphatic rings. The van der Waals surface area contributed by atoms with Crippen LogP contribution in [0.3, 0.4) is 0 Å². The number of halogens is 1. The fourth-order valence-corrected chi connectivity index (χ4v) is 3.87. The van der Waals surface area contributed by atoms with Crippen LogP contribution in [0.2, 0.25) is 0 Å². The van der Waals surface area contributed by atoms with Crippen molar-refractivity contribution in [3.05, 3.63) is 0 Å². The zero-order valence-corrected chi connectivity index (χ0v) is 21.2. The molecule has 176 valence electrons. The number of rotatable bonds is 10. The van der Waals surface area contributed by atoms with Crippen LogP contribution in [0.5, 0.6) is 0 Å². The van der Waals surface area contributed by atoms with Crippen molar-refractivity contribution < 1.29 is 14.3 Å². The van der Waals surface area contributed by atoms with E-state index in [9.17, 15) is 4.79 Å². The molecule has 0 atom stereocenters. The fourth-order valence-electron chi connectivity index (χ4n) is 3.87. The van der Waals surface area contributed by atoms with Crippen LogP contribution < -0.4 is 10.6 Å². The number of nitrogens with zero attached hydrogens (tertiary/aromatic N) is 4. The molecular formula is C20H41IN6O3. The van der Waals surface area contributed by atoms with Gasteiger partial charge in [-0.25, -0.2) is 0 Å². The summed E-state index contributed by atoms with van der Waals surface area (Å²) in [6.07, 6.45) is 2.44.